The van der Waals surface area contributed by atoms with Gasteiger partial charge in [0.15, 0.2) is 5.78 Å². The minimum Gasteiger partial charge on any atom is -0.468 e. The third-order valence-electron chi connectivity index (χ3n) is 5.53. The first kappa shape index (κ1) is 21.8. The van der Waals surface area contributed by atoms with Crippen LogP contribution in [0.4, 0.5) is 0 Å². The highest BCUT2D eigenvalue weighted by molar-refractivity contribution is 6.12. The van der Waals surface area contributed by atoms with Gasteiger partial charge in [-0.2, -0.15) is 0 Å². The summed E-state index contributed by atoms with van der Waals surface area (Å²) in [6, 6.07) is 3.51. The molecule has 0 radical (unpaired) electrons. The third-order valence-corrected chi connectivity index (χ3v) is 5.53. The van der Waals surface area contributed by atoms with Crippen molar-refractivity contribution in [3.05, 3.63) is 46.2 Å². The topological polar surface area (TPSA) is 104 Å². The summed E-state index contributed by atoms with van der Waals surface area (Å²) >= 11 is 0. The molecule has 8 heteroatoms. The number of ketones is 1. The van der Waals surface area contributed by atoms with Crippen LogP contribution in [0.15, 0.2) is 39.1 Å². The largest absolute Gasteiger partial charge is 0.468 e. The summed E-state index contributed by atoms with van der Waals surface area (Å²) in [5.74, 6) is -2.35. The number of allylic oxidation sites excluding steroid dienone is 3. The zero-order valence-corrected chi connectivity index (χ0v) is 17.9. The second-order valence-corrected chi connectivity index (χ2v) is 7.61. The predicted octanol–water partition coefficient (Wildman–Crippen LogP) is 2.39. The molecule has 3 unspecified atom stereocenters. The van der Waals surface area contributed by atoms with Crippen molar-refractivity contribution in [3.63, 3.8) is 0 Å². The molecule has 0 amide bonds. The van der Waals surface area contributed by atoms with E-state index in [9.17, 15) is 14.4 Å². The van der Waals surface area contributed by atoms with E-state index in [1.807, 2.05) is 6.92 Å². The fourth-order valence-electron chi connectivity index (χ4n) is 4.14. The molecule has 8 nitrogen and oxygen atoms in total. The number of carbonyl (C=O) groups excluding carboxylic acids is 3. The number of Topliss-reactive ketones (excluding diaryl/α,β-unsaturated/α-hetero) is 1. The minimum absolute atomic E-state index is 0.0810. The van der Waals surface area contributed by atoms with Gasteiger partial charge in [0.2, 0.25) is 0 Å². The van der Waals surface area contributed by atoms with Crippen molar-refractivity contribution in [1.82, 2.24) is 5.32 Å². The minimum atomic E-state index is -0.932. The van der Waals surface area contributed by atoms with E-state index in [1.54, 1.807) is 26.0 Å². The molecule has 0 spiro atoms. The number of esters is 2. The molecule has 3 atom stereocenters. The number of ether oxygens (including phenoxy) is 3. The van der Waals surface area contributed by atoms with Gasteiger partial charge in [-0.15, -0.1) is 0 Å². The van der Waals surface area contributed by atoms with E-state index in [2.05, 4.69) is 5.32 Å². The van der Waals surface area contributed by atoms with Gasteiger partial charge >= 0.3 is 11.9 Å². The van der Waals surface area contributed by atoms with Crippen LogP contribution in [0, 0.1) is 18.8 Å². The summed E-state index contributed by atoms with van der Waals surface area (Å²) < 4.78 is 21.0. The van der Waals surface area contributed by atoms with Crippen molar-refractivity contribution >= 4 is 17.7 Å². The molecule has 1 aromatic heterocycles. The molecule has 0 aromatic carbocycles. The van der Waals surface area contributed by atoms with E-state index in [4.69, 9.17) is 18.6 Å². The number of furan rings is 1. The van der Waals surface area contributed by atoms with Gasteiger partial charge in [-0.1, -0.05) is 6.92 Å². The Kier molecular flexibility index (Phi) is 6.45. The van der Waals surface area contributed by atoms with Crippen LogP contribution < -0.4 is 5.32 Å². The van der Waals surface area contributed by atoms with Crippen LogP contribution in [0.1, 0.15) is 37.7 Å². The fourth-order valence-corrected chi connectivity index (χ4v) is 4.14. The van der Waals surface area contributed by atoms with E-state index in [0.717, 1.165) is 0 Å². The van der Waals surface area contributed by atoms with E-state index in [0.29, 0.717) is 34.9 Å². The summed E-state index contributed by atoms with van der Waals surface area (Å²) in [7, 11) is 2.78. The number of dihydropyridines is 1. The third kappa shape index (κ3) is 3.92. The lowest BCUT2D eigenvalue weighted by Crippen LogP contribution is -2.43. The highest BCUT2D eigenvalue weighted by Crippen LogP contribution is 2.45. The van der Waals surface area contributed by atoms with Crippen LogP contribution >= 0.6 is 0 Å². The van der Waals surface area contributed by atoms with Gasteiger partial charge in [0.1, 0.15) is 24.0 Å². The number of rotatable bonds is 6. The SMILES string of the molecule is COCCOC(=O)C1=C(C)NC2=C(C(=O)C(C(=O)OC)C(C)C2)C1c1ccc(C)o1. The van der Waals surface area contributed by atoms with Crippen LogP contribution in [-0.2, 0) is 28.6 Å². The van der Waals surface area contributed by atoms with Crippen molar-refractivity contribution in [2.75, 3.05) is 27.4 Å². The molecule has 1 N–H and O–H groups in total. The predicted molar refractivity (Wildman–Crippen MR) is 106 cm³/mol. The molecular formula is C22H27NO7. The van der Waals surface area contributed by atoms with Crippen molar-refractivity contribution in [3.8, 4) is 0 Å². The molecule has 162 valence electrons. The number of methoxy groups -OCH3 is 2. The highest BCUT2D eigenvalue weighted by Gasteiger charge is 2.48. The number of hydrogen-bond donors (Lipinski definition) is 1. The quantitative estimate of drug-likeness (QED) is 0.427. The number of nitrogens with one attached hydrogen (secondary N) is 1. The number of hydrogen-bond acceptors (Lipinski definition) is 8. The molecule has 30 heavy (non-hydrogen) atoms. The maximum Gasteiger partial charge on any atom is 0.336 e. The summed E-state index contributed by atoms with van der Waals surface area (Å²) in [6.45, 7) is 5.73. The fraction of sp³-hybridized carbons (Fsp3) is 0.500. The standard InChI is InChI=1S/C22H27NO7/c1-11-10-14-18(20(24)16(11)21(25)28-5)19(15-7-6-12(2)30-15)17(13(3)23-14)22(26)29-9-8-27-4/h6-7,11,16,19,23H,8-10H2,1-5H3. The lowest BCUT2D eigenvalue weighted by Gasteiger charge is -2.37. The van der Waals surface area contributed by atoms with Gasteiger partial charge in [-0.3, -0.25) is 9.59 Å². The Morgan fingerprint density at radius 3 is 2.53 bits per heavy atom. The van der Waals surface area contributed by atoms with Gasteiger partial charge in [-0.25, -0.2) is 4.79 Å². The molecule has 1 aliphatic carbocycles. The maximum atomic E-state index is 13.5. The Morgan fingerprint density at radius 1 is 1.20 bits per heavy atom. The average Bonchev–Trinajstić information content (AvgIpc) is 3.12. The molecule has 1 aliphatic heterocycles. The second kappa shape index (κ2) is 8.87. The van der Waals surface area contributed by atoms with Crippen molar-refractivity contribution in [1.29, 1.82) is 0 Å². The molecule has 0 saturated heterocycles. The van der Waals surface area contributed by atoms with Gasteiger partial charge in [0, 0.05) is 24.1 Å². The lowest BCUT2D eigenvalue weighted by atomic mass is 9.70. The summed E-state index contributed by atoms with van der Waals surface area (Å²) in [5.41, 5.74) is 1.91. The van der Waals surface area contributed by atoms with Crippen LogP contribution in [0.2, 0.25) is 0 Å². The molecule has 1 aromatic rings. The first-order valence-corrected chi connectivity index (χ1v) is 9.85. The zero-order valence-electron chi connectivity index (χ0n) is 17.9. The van der Waals surface area contributed by atoms with Gasteiger partial charge in [-0.05, 0) is 38.3 Å². The van der Waals surface area contributed by atoms with Gasteiger partial charge in [0.25, 0.3) is 0 Å². The molecule has 3 rings (SSSR count). The summed E-state index contributed by atoms with van der Waals surface area (Å²) in [5, 5.41) is 3.20. The van der Waals surface area contributed by atoms with E-state index >= 15 is 0 Å². The normalized spacial score (nSPS) is 23.8. The van der Waals surface area contributed by atoms with Gasteiger partial charge in [0.05, 0.1) is 25.2 Å². The number of aryl methyl sites for hydroxylation is 1. The first-order valence-electron chi connectivity index (χ1n) is 9.85. The van der Waals surface area contributed by atoms with Crippen LogP contribution in [0.3, 0.4) is 0 Å². The Balaban J connectivity index is 2.08. The van der Waals surface area contributed by atoms with Crippen LogP contribution in [0.5, 0.6) is 0 Å². The Hall–Kier alpha value is -2.87. The van der Waals surface area contributed by atoms with Crippen molar-refractivity contribution in [2.45, 2.75) is 33.1 Å². The monoisotopic (exact) mass is 417 g/mol. The molecule has 0 fully saturated rings. The van der Waals surface area contributed by atoms with E-state index in [-0.39, 0.29) is 30.5 Å². The second-order valence-electron chi connectivity index (χ2n) is 7.61. The molecular weight excluding hydrogens is 390 g/mol. The van der Waals surface area contributed by atoms with Crippen molar-refractivity contribution in [2.24, 2.45) is 11.8 Å². The highest BCUT2D eigenvalue weighted by atomic mass is 16.6. The Bertz CT molecular complexity index is 924. The molecule has 2 aliphatic rings. The smallest absolute Gasteiger partial charge is 0.336 e. The van der Waals surface area contributed by atoms with Crippen LogP contribution in [0.25, 0.3) is 0 Å². The number of carbonyl (C=O) groups is 3. The van der Waals surface area contributed by atoms with Crippen molar-refractivity contribution < 1.29 is 33.0 Å². The average molecular weight is 417 g/mol. The van der Waals surface area contributed by atoms with E-state index in [1.165, 1.54) is 14.2 Å². The summed E-state index contributed by atoms with van der Waals surface area (Å²) in [4.78, 5) is 38.7. The maximum absolute atomic E-state index is 13.5. The Labute approximate surface area is 175 Å². The first-order chi connectivity index (χ1) is 14.3. The lowest BCUT2D eigenvalue weighted by molar-refractivity contribution is -0.151. The van der Waals surface area contributed by atoms with Crippen LogP contribution in [-0.4, -0.2) is 45.2 Å². The molecule has 0 bridgehead atoms. The Morgan fingerprint density at radius 2 is 1.93 bits per heavy atom. The zero-order chi connectivity index (χ0) is 22.0. The summed E-state index contributed by atoms with van der Waals surface area (Å²) in [6.07, 6.45) is 0.473. The van der Waals surface area contributed by atoms with Gasteiger partial charge < -0.3 is 23.9 Å². The molecule has 2 heterocycles. The molecule has 0 saturated carbocycles. The van der Waals surface area contributed by atoms with E-state index < -0.39 is 23.8 Å².